The van der Waals surface area contributed by atoms with E-state index in [9.17, 15) is 0 Å². The van der Waals surface area contributed by atoms with Gasteiger partial charge in [0.25, 0.3) is 0 Å². The van der Waals surface area contributed by atoms with Crippen molar-refractivity contribution in [2.45, 2.75) is 6.04 Å². The molecule has 2 rings (SSSR count). The van der Waals surface area contributed by atoms with Gasteiger partial charge in [0.1, 0.15) is 0 Å². The van der Waals surface area contributed by atoms with Crippen molar-refractivity contribution in [3.8, 4) is 0 Å². The third-order valence-electron chi connectivity index (χ3n) is 2.68. The number of benzene rings is 1. The van der Waals surface area contributed by atoms with Crippen molar-refractivity contribution >= 4 is 10.8 Å². The lowest BCUT2D eigenvalue weighted by molar-refractivity contribution is 0.377. The summed E-state index contributed by atoms with van der Waals surface area (Å²) >= 11 is 0. The SMILES string of the molecule is CN(C)CC(N)c1cccc2ccncc12. The molecule has 1 atom stereocenters. The molecule has 0 saturated carbocycles. The summed E-state index contributed by atoms with van der Waals surface area (Å²) in [5, 5.41) is 2.35. The minimum atomic E-state index is 0.0305. The van der Waals surface area contributed by atoms with Crippen LogP contribution in [0.4, 0.5) is 0 Å². The highest BCUT2D eigenvalue weighted by Crippen LogP contribution is 2.22. The van der Waals surface area contributed by atoms with Crippen molar-refractivity contribution in [1.29, 1.82) is 0 Å². The Kier molecular flexibility index (Phi) is 3.17. The fourth-order valence-corrected chi connectivity index (χ4v) is 1.95. The Morgan fingerprint density at radius 3 is 2.88 bits per heavy atom. The molecule has 1 unspecified atom stereocenters. The third-order valence-corrected chi connectivity index (χ3v) is 2.68. The molecule has 3 nitrogen and oxygen atoms in total. The van der Waals surface area contributed by atoms with E-state index in [1.165, 1.54) is 10.9 Å². The highest BCUT2D eigenvalue weighted by atomic mass is 15.1. The molecule has 0 fully saturated rings. The predicted molar refractivity (Wildman–Crippen MR) is 67.2 cm³/mol. The van der Waals surface area contributed by atoms with E-state index in [4.69, 9.17) is 5.73 Å². The number of nitrogens with two attached hydrogens (primary N) is 1. The quantitative estimate of drug-likeness (QED) is 0.849. The zero-order chi connectivity index (χ0) is 11.5. The first-order valence-electron chi connectivity index (χ1n) is 5.41. The predicted octanol–water partition coefficient (Wildman–Crippen LogP) is 1.80. The Morgan fingerprint density at radius 2 is 2.12 bits per heavy atom. The Balaban J connectivity index is 2.44. The van der Waals surface area contributed by atoms with Crippen LogP contribution < -0.4 is 5.73 Å². The normalized spacial score (nSPS) is 13.2. The van der Waals surface area contributed by atoms with Crippen LogP contribution >= 0.6 is 0 Å². The maximum atomic E-state index is 6.19. The number of hydrogen-bond donors (Lipinski definition) is 1. The third kappa shape index (κ3) is 2.21. The Bertz CT molecular complexity index is 474. The lowest BCUT2D eigenvalue weighted by Crippen LogP contribution is -2.26. The number of fused-ring (bicyclic) bond motifs is 1. The lowest BCUT2D eigenvalue weighted by atomic mass is 10.0. The maximum Gasteiger partial charge on any atom is 0.0430 e. The van der Waals surface area contributed by atoms with Crippen LogP contribution in [0.1, 0.15) is 11.6 Å². The molecule has 0 aliphatic carbocycles. The first-order chi connectivity index (χ1) is 7.68. The van der Waals surface area contributed by atoms with E-state index in [0.29, 0.717) is 0 Å². The molecular formula is C13H17N3. The number of nitrogens with zero attached hydrogens (tertiary/aromatic N) is 2. The highest BCUT2D eigenvalue weighted by Gasteiger charge is 2.10. The van der Waals surface area contributed by atoms with Crippen molar-refractivity contribution in [3.63, 3.8) is 0 Å². The van der Waals surface area contributed by atoms with Crippen molar-refractivity contribution in [2.75, 3.05) is 20.6 Å². The van der Waals surface area contributed by atoms with Crippen LogP contribution in [0.3, 0.4) is 0 Å². The second-order valence-electron chi connectivity index (χ2n) is 4.31. The largest absolute Gasteiger partial charge is 0.323 e. The van der Waals surface area contributed by atoms with Crippen LogP contribution in [-0.2, 0) is 0 Å². The smallest absolute Gasteiger partial charge is 0.0430 e. The number of likely N-dealkylation sites (N-methyl/N-ethyl adjacent to an activating group) is 1. The molecule has 3 heteroatoms. The molecule has 0 radical (unpaired) electrons. The van der Waals surface area contributed by atoms with Crippen molar-refractivity contribution < 1.29 is 0 Å². The van der Waals surface area contributed by atoms with Crippen LogP contribution in [-0.4, -0.2) is 30.5 Å². The molecule has 1 aromatic heterocycles. The molecule has 0 aliphatic rings. The summed E-state index contributed by atoms with van der Waals surface area (Å²) < 4.78 is 0. The summed E-state index contributed by atoms with van der Waals surface area (Å²) in [6.07, 6.45) is 3.70. The number of aromatic nitrogens is 1. The lowest BCUT2D eigenvalue weighted by Gasteiger charge is -2.18. The van der Waals surface area contributed by atoms with E-state index in [1.807, 2.05) is 38.6 Å². The first-order valence-corrected chi connectivity index (χ1v) is 5.41. The van der Waals surface area contributed by atoms with Crippen molar-refractivity contribution in [3.05, 3.63) is 42.2 Å². The summed E-state index contributed by atoms with van der Waals surface area (Å²) in [4.78, 5) is 6.26. The van der Waals surface area contributed by atoms with E-state index in [0.717, 1.165) is 11.9 Å². The number of pyridine rings is 1. The van der Waals surface area contributed by atoms with Gasteiger partial charge in [-0.2, -0.15) is 0 Å². The van der Waals surface area contributed by atoms with Gasteiger partial charge in [0.2, 0.25) is 0 Å². The van der Waals surface area contributed by atoms with Crippen molar-refractivity contribution in [1.82, 2.24) is 9.88 Å². The molecule has 1 aromatic carbocycles. The van der Waals surface area contributed by atoms with Crippen LogP contribution in [0.2, 0.25) is 0 Å². The van der Waals surface area contributed by atoms with Gasteiger partial charge in [-0.05, 0) is 31.1 Å². The van der Waals surface area contributed by atoms with E-state index in [1.54, 1.807) is 0 Å². The van der Waals surface area contributed by atoms with Gasteiger partial charge >= 0.3 is 0 Å². The second kappa shape index (κ2) is 4.60. The Morgan fingerprint density at radius 1 is 1.31 bits per heavy atom. The van der Waals surface area contributed by atoms with Crippen LogP contribution in [0, 0.1) is 0 Å². The molecule has 0 spiro atoms. The van der Waals surface area contributed by atoms with Crippen LogP contribution in [0.5, 0.6) is 0 Å². The molecule has 84 valence electrons. The summed E-state index contributed by atoms with van der Waals surface area (Å²) in [7, 11) is 4.06. The second-order valence-corrected chi connectivity index (χ2v) is 4.31. The molecule has 2 aromatic rings. The van der Waals surface area contributed by atoms with Gasteiger partial charge in [-0.15, -0.1) is 0 Å². The minimum absolute atomic E-state index is 0.0305. The monoisotopic (exact) mass is 215 g/mol. The van der Waals surface area contributed by atoms with Crippen LogP contribution in [0.25, 0.3) is 10.8 Å². The summed E-state index contributed by atoms with van der Waals surface area (Å²) in [5.74, 6) is 0. The molecule has 16 heavy (non-hydrogen) atoms. The van der Waals surface area contributed by atoms with Gasteiger partial charge in [-0.3, -0.25) is 4.98 Å². The van der Waals surface area contributed by atoms with E-state index in [-0.39, 0.29) is 6.04 Å². The Hall–Kier alpha value is -1.45. The zero-order valence-electron chi connectivity index (χ0n) is 9.72. The van der Waals surface area contributed by atoms with E-state index < -0.39 is 0 Å². The highest BCUT2D eigenvalue weighted by molar-refractivity contribution is 5.85. The fraction of sp³-hybridized carbons (Fsp3) is 0.308. The average Bonchev–Trinajstić information content (AvgIpc) is 2.27. The summed E-state index contributed by atoms with van der Waals surface area (Å²) in [6, 6.07) is 8.26. The van der Waals surface area contributed by atoms with Gasteiger partial charge in [0.15, 0.2) is 0 Å². The molecule has 0 saturated heterocycles. The van der Waals surface area contributed by atoms with Gasteiger partial charge in [0, 0.05) is 30.4 Å². The number of hydrogen-bond acceptors (Lipinski definition) is 3. The van der Waals surface area contributed by atoms with Gasteiger partial charge in [0.05, 0.1) is 0 Å². The fourth-order valence-electron chi connectivity index (χ4n) is 1.95. The molecule has 0 bridgehead atoms. The Labute approximate surface area is 95.9 Å². The molecule has 2 N–H and O–H groups in total. The van der Waals surface area contributed by atoms with Crippen molar-refractivity contribution in [2.24, 2.45) is 5.73 Å². The standard InChI is InChI=1S/C13H17N3/c1-16(2)9-13(14)11-5-3-4-10-6-7-15-8-12(10)11/h3-8,13H,9,14H2,1-2H3. The van der Waals surface area contributed by atoms with E-state index >= 15 is 0 Å². The topological polar surface area (TPSA) is 42.1 Å². The molecule has 0 amide bonds. The molecular weight excluding hydrogens is 198 g/mol. The van der Waals surface area contributed by atoms with Gasteiger partial charge in [-0.25, -0.2) is 0 Å². The minimum Gasteiger partial charge on any atom is -0.323 e. The summed E-state index contributed by atoms with van der Waals surface area (Å²) in [5.41, 5.74) is 7.36. The van der Waals surface area contributed by atoms with E-state index in [2.05, 4.69) is 22.0 Å². The average molecular weight is 215 g/mol. The first kappa shape index (κ1) is 11.0. The molecule has 0 aliphatic heterocycles. The van der Waals surface area contributed by atoms with Gasteiger partial charge in [-0.1, -0.05) is 18.2 Å². The zero-order valence-corrected chi connectivity index (χ0v) is 9.72. The molecule has 1 heterocycles. The maximum absolute atomic E-state index is 6.19. The number of rotatable bonds is 3. The summed E-state index contributed by atoms with van der Waals surface area (Å²) in [6.45, 7) is 0.841. The van der Waals surface area contributed by atoms with Gasteiger partial charge < -0.3 is 10.6 Å². The van der Waals surface area contributed by atoms with Crippen LogP contribution in [0.15, 0.2) is 36.7 Å².